The van der Waals surface area contributed by atoms with Crippen LogP contribution in [0.25, 0.3) is 0 Å². The van der Waals surface area contributed by atoms with Crippen LogP contribution in [0, 0.1) is 0 Å². The zero-order chi connectivity index (χ0) is 29.0. The van der Waals surface area contributed by atoms with Crippen molar-refractivity contribution < 1.29 is 283 Å². The summed E-state index contributed by atoms with van der Waals surface area (Å²) >= 11 is 0. The molecule has 0 aliphatic heterocycles. The van der Waals surface area contributed by atoms with E-state index in [2.05, 4.69) is 0 Å². The fourth-order valence-electron chi connectivity index (χ4n) is 0. The molecular formula is C6H8Al5Na5O27S3. The maximum Gasteiger partial charge on any atom is 3.00 e. The van der Waals surface area contributed by atoms with Gasteiger partial charge in [0.1, 0.15) is 0 Å². The zero-order valence-corrected chi connectivity index (χ0v) is 41.5. The Labute approximate surface area is 430 Å². The Kier molecular flexibility index (Phi) is 192. The van der Waals surface area contributed by atoms with Gasteiger partial charge in [0.25, 0.3) is 0 Å². The van der Waals surface area contributed by atoms with Crippen LogP contribution in [-0.4, -0.2) is 192 Å². The molecule has 0 amide bonds. The number of carbonyl (C=O) groups excluding carboxylic acids is 6. The third kappa shape index (κ3) is 415. The summed E-state index contributed by atoms with van der Waals surface area (Å²) < 4.78 is 102. The number of hydrogen-bond donors (Lipinski definition) is 0. The molecule has 27 nitrogen and oxygen atoms in total. The molecule has 0 bridgehead atoms. The van der Waals surface area contributed by atoms with Crippen molar-refractivity contribution in [1.82, 2.24) is 0 Å². The van der Waals surface area contributed by atoms with E-state index in [-0.39, 0.29) is 258 Å². The summed E-state index contributed by atoms with van der Waals surface area (Å²) in [7, 11) is -15.5. The summed E-state index contributed by atoms with van der Waals surface area (Å²) in [4.78, 5) is 53.6. The van der Waals surface area contributed by atoms with Crippen molar-refractivity contribution in [2.24, 2.45) is 0 Å². The zero-order valence-electron chi connectivity index (χ0n) is 28.3. The molecule has 46 heavy (non-hydrogen) atoms. The minimum absolute atomic E-state index is 0. The average molecular weight is 858 g/mol. The molecule has 232 valence electrons. The molecule has 0 saturated heterocycles. The van der Waals surface area contributed by atoms with E-state index in [1.54, 1.807) is 0 Å². The second-order valence-electron chi connectivity index (χ2n) is 2.95. The van der Waals surface area contributed by atoms with Crippen LogP contribution < -0.4 is 178 Å². The molecule has 0 atom stereocenters. The maximum absolute atomic E-state index is 8.93. The number of hydrogen-bond acceptors (Lipinski definition) is 27. The Hall–Kier alpha value is 3.97. The first-order valence-corrected chi connectivity index (χ1v) is 9.20. The Morgan fingerprint density at radius 3 is 0.326 bits per heavy atom. The van der Waals surface area contributed by atoms with Crippen molar-refractivity contribution >= 4 is 154 Å². The summed E-state index contributed by atoms with van der Waals surface area (Å²) in [6.07, 6.45) is 0. The summed E-state index contributed by atoms with van der Waals surface area (Å²) in [5, 5.41) is 53.6. The van der Waals surface area contributed by atoms with Crippen molar-refractivity contribution in [3.63, 3.8) is 0 Å². The summed E-state index contributed by atoms with van der Waals surface area (Å²) in [6.45, 7) is 0. The fourth-order valence-corrected chi connectivity index (χ4v) is 0. The van der Waals surface area contributed by atoms with Gasteiger partial charge in [-0.05, 0) is 0 Å². The Balaban J connectivity index is -0.00000000729. The Bertz CT molecular complexity index is 842. The van der Waals surface area contributed by atoms with Gasteiger partial charge in [-0.15, -0.1) is 0 Å². The number of aliphatic carboxylic acids is 6. The van der Waals surface area contributed by atoms with Gasteiger partial charge in [-0.3, -0.25) is 25.3 Å². The van der Waals surface area contributed by atoms with Crippen LogP contribution in [0.1, 0.15) is 7.13 Å². The third-order valence-electron chi connectivity index (χ3n) is 0.500. The molecular weight excluding hydrogens is 850 g/mol. The van der Waals surface area contributed by atoms with E-state index in [1.807, 2.05) is 0 Å². The van der Waals surface area contributed by atoms with Gasteiger partial charge in [0.2, 0.25) is 0 Å². The molecule has 0 rings (SSSR count). The smallest absolute Gasteiger partial charge is 1.00 e. The maximum atomic E-state index is 8.93. The van der Waals surface area contributed by atoms with E-state index in [0.717, 1.165) is 0 Å². The minimum Gasteiger partial charge on any atom is -1.00 e. The van der Waals surface area contributed by atoms with E-state index in [0.29, 0.717) is 0 Å². The largest absolute Gasteiger partial charge is 3.00 e. The second-order valence-corrected chi connectivity index (χ2v) is 5.40. The standard InChI is InChI=1S/3C2H2O4.5Al.5Na.3H2O4S.3H2O.5H/c3*3-1(4)2(5)6;;;;;;;;;;;3*1-5(2,3)4;;;;;;;;/h3*(H,3,4)(H,5,6);;;;;;;;;;;3*(H2,1,2,3,4);3*1H2;;;;;/q;;;5*+3;5*+1;;;;;;;5*-1/p-15. The van der Waals surface area contributed by atoms with Gasteiger partial charge in [-0.25, -0.2) is 0 Å². The van der Waals surface area contributed by atoms with Crippen LogP contribution in [0.15, 0.2) is 0 Å². The second kappa shape index (κ2) is 70.5. The van der Waals surface area contributed by atoms with Gasteiger partial charge in [0.15, 0.2) is 0 Å². The summed E-state index contributed by atoms with van der Waals surface area (Å²) in [5.41, 5.74) is 0. The Morgan fingerprint density at radius 2 is 0.326 bits per heavy atom. The molecule has 0 aliphatic rings. The summed E-state index contributed by atoms with van der Waals surface area (Å²) in [6, 6.07) is 0. The number of carboxylic acids is 6. The van der Waals surface area contributed by atoms with E-state index in [1.165, 1.54) is 0 Å². The van der Waals surface area contributed by atoms with Gasteiger partial charge in [0, 0.05) is 31.2 Å². The molecule has 0 aromatic rings. The molecule has 0 saturated carbocycles. The van der Waals surface area contributed by atoms with Gasteiger partial charge < -0.3 is 110 Å². The minimum atomic E-state index is -5.17. The topological polar surface area (TPSA) is 572 Å². The van der Waals surface area contributed by atoms with Crippen LogP contribution in [0.5, 0.6) is 0 Å². The quantitative estimate of drug-likeness (QED) is 0.0944. The molecule has 40 heteroatoms. The number of carbonyl (C=O) groups is 6. The molecule has 3 N–H and O–H groups in total. The number of carboxylic acid groups (broad SMARTS) is 6. The van der Waals surface area contributed by atoms with Crippen molar-refractivity contribution in [3.05, 3.63) is 0 Å². The van der Waals surface area contributed by atoms with Crippen LogP contribution in [-0.2, 0) is 60.0 Å². The molecule has 0 aromatic carbocycles. The first kappa shape index (κ1) is 125. The van der Waals surface area contributed by atoms with Crippen molar-refractivity contribution in [1.29, 1.82) is 0 Å². The van der Waals surface area contributed by atoms with Crippen LogP contribution in [0.3, 0.4) is 0 Å². The van der Waals surface area contributed by atoms with Gasteiger partial charge in [0.05, 0.1) is 35.8 Å². The predicted octanol–water partition coefficient (Wildman–Crippen LogP) is -31.4. The first-order chi connectivity index (χ1) is 13.9. The van der Waals surface area contributed by atoms with E-state index in [4.69, 9.17) is 112 Å². The average Bonchev–Trinajstić information content (AvgIpc) is 2.42. The SMILES string of the molecule is O=C([O-])C(=O)[O-].O=C([O-])C(=O)[O-].O=C([O-])C(=O)[O-].O=S(=O)([O-])[O-].O=S(=O)([O-])[O-].O=S(=O)([O-])[O-].[Al+3].[Al+3].[Al+3].[Al+3].[Al+3].[H-].[H-].[H-].[H-].[H-].[Na+].[Na+].[Na+].[Na+].[Na+].[OH-].[OH-].[OH-]. The van der Waals surface area contributed by atoms with Gasteiger partial charge >= 0.3 is 235 Å². The molecule has 0 fully saturated rings. The van der Waals surface area contributed by atoms with Crippen LogP contribution >= 0.6 is 0 Å². The molecule has 0 unspecified atom stereocenters. The Morgan fingerprint density at radius 1 is 0.304 bits per heavy atom. The predicted molar refractivity (Wildman–Crippen MR) is 102 cm³/mol. The molecule has 0 aliphatic carbocycles. The van der Waals surface area contributed by atoms with Crippen LogP contribution in [0.2, 0.25) is 0 Å². The first-order valence-electron chi connectivity index (χ1n) is 5.20. The van der Waals surface area contributed by atoms with Crippen molar-refractivity contribution in [2.45, 2.75) is 0 Å². The normalized spacial score (nSPS) is 6.65. The molecule has 0 radical (unpaired) electrons. The number of rotatable bonds is 0. The molecule has 0 heterocycles. The van der Waals surface area contributed by atoms with E-state index < -0.39 is 67.0 Å². The van der Waals surface area contributed by atoms with E-state index >= 15 is 0 Å². The third-order valence-corrected chi connectivity index (χ3v) is 0.500. The summed E-state index contributed by atoms with van der Waals surface area (Å²) in [5.74, 6) is -13.1. The van der Waals surface area contributed by atoms with E-state index in [9.17, 15) is 0 Å². The fraction of sp³-hybridized carbons (Fsp3) is 0. The van der Waals surface area contributed by atoms with Crippen LogP contribution in [0.4, 0.5) is 0 Å². The molecule has 0 spiro atoms. The van der Waals surface area contributed by atoms with Gasteiger partial charge in [-0.1, -0.05) is 0 Å². The molecule has 0 aromatic heterocycles. The monoisotopic (exact) mass is 858 g/mol. The van der Waals surface area contributed by atoms with Crippen molar-refractivity contribution in [3.8, 4) is 0 Å². The van der Waals surface area contributed by atoms with Crippen molar-refractivity contribution in [2.75, 3.05) is 0 Å². The van der Waals surface area contributed by atoms with Gasteiger partial charge in [-0.2, -0.15) is 0 Å².